The van der Waals surface area contributed by atoms with Gasteiger partial charge in [0, 0.05) is 6.04 Å². The molecule has 0 aliphatic carbocycles. The van der Waals surface area contributed by atoms with Crippen molar-refractivity contribution in [3.05, 3.63) is 35.4 Å². The number of hydrogen-bond donors (Lipinski definition) is 1. The highest BCUT2D eigenvalue weighted by Gasteiger charge is 2.19. The van der Waals surface area contributed by atoms with Crippen LogP contribution in [0, 0.1) is 11.6 Å². The Morgan fingerprint density at radius 1 is 1.31 bits per heavy atom. The summed E-state index contributed by atoms with van der Waals surface area (Å²) in [4.78, 5) is 0. The summed E-state index contributed by atoms with van der Waals surface area (Å²) in [6.07, 6.45) is 1.97. The van der Waals surface area contributed by atoms with E-state index in [1.807, 2.05) is 14.0 Å². The number of nitrogens with one attached hydrogen (secondary N) is 1. The van der Waals surface area contributed by atoms with Gasteiger partial charge in [-0.3, -0.25) is 0 Å². The quantitative estimate of drug-likeness (QED) is 0.812. The third-order valence-electron chi connectivity index (χ3n) is 3.02. The average Bonchev–Trinajstić information content (AvgIpc) is 2.28. The minimum absolute atomic E-state index is 0.0272. The van der Waals surface area contributed by atoms with Crippen molar-refractivity contribution in [1.82, 2.24) is 5.32 Å². The van der Waals surface area contributed by atoms with Gasteiger partial charge in [0.15, 0.2) is 0 Å². The molecule has 16 heavy (non-hydrogen) atoms. The van der Waals surface area contributed by atoms with Crippen LogP contribution in [0.15, 0.2) is 18.2 Å². The molecule has 1 N–H and O–H groups in total. The summed E-state index contributed by atoms with van der Waals surface area (Å²) in [5, 5.41) is 3.16. The number of halogens is 2. The molecule has 1 nitrogen and oxygen atoms in total. The molecule has 0 spiro atoms. The van der Waals surface area contributed by atoms with Crippen molar-refractivity contribution in [1.29, 1.82) is 0 Å². The van der Waals surface area contributed by atoms with Gasteiger partial charge in [0.1, 0.15) is 11.6 Å². The molecule has 0 fully saturated rings. The molecule has 1 aromatic rings. The first-order valence-corrected chi connectivity index (χ1v) is 5.72. The first-order chi connectivity index (χ1) is 7.60. The van der Waals surface area contributed by atoms with Gasteiger partial charge in [0.25, 0.3) is 0 Å². The highest BCUT2D eigenvalue weighted by atomic mass is 19.1. The Bertz CT molecular complexity index is 339. The molecule has 1 aromatic carbocycles. The van der Waals surface area contributed by atoms with E-state index in [2.05, 4.69) is 12.2 Å². The molecule has 90 valence electrons. The molecule has 2 unspecified atom stereocenters. The molecular formula is C13H19F2N. The fourth-order valence-electron chi connectivity index (χ4n) is 2.04. The van der Waals surface area contributed by atoms with Gasteiger partial charge in [0.2, 0.25) is 0 Å². The lowest BCUT2D eigenvalue weighted by atomic mass is 9.90. The lowest BCUT2D eigenvalue weighted by molar-refractivity contribution is 0.436. The summed E-state index contributed by atoms with van der Waals surface area (Å²) in [6.45, 7) is 4.01. The predicted octanol–water partition coefficient (Wildman–Crippen LogP) is 3.46. The molecule has 0 saturated heterocycles. The lowest BCUT2D eigenvalue weighted by Gasteiger charge is -2.24. The third-order valence-corrected chi connectivity index (χ3v) is 3.02. The summed E-state index contributed by atoms with van der Waals surface area (Å²) in [6, 6.07) is 3.82. The topological polar surface area (TPSA) is 12.0 Å². The summed E-state index contributed by atoms with van der Waals surface area (Å²) < 4.78 is 26.6. The zero-order valence-corrected chi connectivity index (χ0v) is 10.1. The van der Waals surface area contributed by atoms with Crippen LogP contribution in [0.5, 0.6) is 0 Å². The molecule has 3 heteroatoms. The maximum Gasteiger partial charge on any atom is 0.126 e. The molecule has 0 bridgehead atoms. The smallest absolute Gasteiger partial charge is 0.126 e. The lowest BCUT2D eigenvalue weighted by Crippen LogP contribution is -2.31. The van der Waals surface area contributed by atoms with Crippen LogP contribution >= 0.6 is 0 Å². The van der Waals surface area contributed by atoms with Crippen molar-refractivity contribution in [2.75, 3.05) is 7.05 Å². The van der Waals surface area contributed by atoms with Gasteiger partial charge < -0.3 is 5.32 Å². The average molecular weight is 227 g/mol. The fourth-order valence-corrected chi connectivity index (χ4v) is 2.04. The van der Waals surface area contributed by atoms with E-state index >= 15 is 0 Å². The molecule has 0 radical (unpaired) electrons. The van der Waals surface area contributed by atoms with Crippen molar-refractivity contribution < 1.29 is 8.78 Å². The van der Waals surface area contributed by atoms with Crippen LogP contribution in [0.3, 0.4) is 0 Å². The second-order valence-electron chi connectivity index (χ2n) is 4.14. The SMILES string of the molecule is CCCC(NC)C(C)c1cc(F)ccc1F. The first kappa shape index (κ1) is 13.1. The Morgan fingerprint density at radius 2 is 2.00 bits per heavy atom. The van der Waals surface area contributed by atoms with Crippen molar-refractivity contribution in [3.8, 4) is 0 Å². The summed E-state index contributed by atoms with van der Waals surface area (Å²) in [7, 11) is 1.86. The van der Waals surface area contributed by atoms with Crippen molar-refractivity contribution in [2.24, 2.45) is 0 Å². The van der Waals surface area contributed by atoms with Crippen molar-refractivity contribution in [2.45, 2.75) is 38.6 Å². The fraction of sp³-hybridized carbons (Fsp3) is 0.538. The van der Waals surface area contributed by atoms with E-state index in [0.29, 0.717) is 5.56 Å². The van der Waals surface area contributed by atoms with Crippen LogP contribution < -0.4 is 5.32 Å². The van der Waals surface area contributed by atoms with Gasteiger partial charge in [-0.2, -0.15) is 0 Å². The van der Waals surface area contributed by atoms with Crippen LogP contribution in [0.25, 0.3) is 0 Å². The maximum atomic E-state index is 13.6. The maximum absolute atomic E-state index is 13.6. The van der Waals surface area contributed by atoms with Crippen molar-refractivity contribution >= 4 is 0 Å². The molecule has 1 rings (SSSR count). The number of benzene rings is 1. The van der Waals surface area contributed by atoms with E-state index in [9.17, 15) is 8.78 Å². The molecular weight excluding hydrogens is 208 g/mol. The second-order valence-corrected chi connectivity index (χ2v) is 4.14. The molecule has 0 saturated carbocycles. The van der Waals surface area contributed by atoms with Gasteiger partial charge in [-0.1, -0.05) is 20.3 Å². The highest BCUT2D eigenvalue weighted by molar-refractivity contribution is 5.23. The Hall–Kier alpha value is -0.960. The highest BCUT2D eigenvalue weighted by Crippen LogP contribution is 2.25. The summed E-state index contributed by atoms with van der Waals surface area (Å²) >= 11 is 0. The summed E-state index contributed by atoms with van der Waals surface area (Å²) in [5.74, 6) is -0.736. The Kier molecular flexibility index (Phi) is 4.87. The van der Waals surface area contributed by atoms with Crippen LogP contribution in [0.2, 0.25) is 0 Å². The van der Waals surface area contributed by atoms with Gasteiger partial charge in [-0.15, -0.1) is 0 Å². The van der Waals surface area contributed by atoms with E-state index in [1.165, 1.54) is 12.1 Å². The van der Waals surface area contributed by atoms with Crippen LogP contribution in [0.1, 0.15) is 38.2 Å². The molecule has 0 aliphatic heterocycles. The molecule has 0 aromatic heterocycles. The monoisotopic (exact) mass is 227 g/mol. The van der Waals surface area contributed by atoms with Gasteiger partial charge in [-0.05, 0) is 43.1 Å². The summed E-state index contributed by atoms with van der Waals surface area (Å²) in [5.41, 5.74) is 0.452. The third kappa shape index (κ3) is 3.01. The number of rotatable bonds is 5. The molecule has 0 amide bonds. The van der Waals surface area contributed by atoms with E-state index < -0.39 is 0 Å². The van der Waals surface area contributed by atoms with Gasteiger partial charge >= 0.3 is 0 Å². The van der Waals surface area contributed by atoms with Crippen LogP contribution in [-0.2, 0) is 0 Å². The van der Waals surface area contributed by atoms with Crippen LogP contribution in [-0.4, -0.2) is 13.1 Å². The Labute approximate surface area is 95.9 Å². The van der Waals surface area contributed by atoms with Gasteiger partial charge in [0.05, 0.1) is 0 Å². The Morgan fingerprint density at radius 3 is 2.56 bits per heavy atom. The van der Waals surface area contributed by atoms with E-state index in [0.717, 1.165) is 18.9 Å². The van der Waals surface area contributed by atoms with E-state index in [-0.39, 0.29) is 23.6 Å². The predicted molar refractivity (Wildman–Crippen MR) is 62.5 cm³/mol. The standard InChI is InChI=1S/C13H19F2N/c1-4-5-13(16-3)9(2)11-8-10(14)6-7-12(11)15/h6-9,13,16H,4-5H2,1-3H3. The zero-order chi connectivity index (χ0) is 12.1. The van der Waals surface area contributed by atoms with Gasteiger partial charge in [-0.25, -0.2) is 8.78 Å². The number of hydrogen-bond acceptors (Lipinski definition) is 1. The van der Waals surface area contributed by atoms with E-state index in [1.54, 1.807) is 0 Å². The normalized spacial score (nSPS) is 14.8. The van der Waals surface area contributed by atoms with Crippen LogP contribution in [0.4, 0.5) is 8.78 Å². The molecule has 0 aliphatic rings. The molecule has 0 heterocycles. The zero-order valence-electron chi connectivity index (χ0n) is 10.1. The number of likely N-dealkylation sites (N-methyl/N-ethyl adjacent to an activating group) is 1. The minimum atomic E-state index is -0.380. The minimum Gasteiger partial charge on any atom is -0.316 e. The largest absolute Gasteiger partial charge is 0.316 e. The Balaban J connectivity index is 2.93. The second kappa shape index (κ2) is 5.94. The molecule has 2 atom stereocenters. The van der Waals surface area contributed by atoms with E-state index in [4.69, 9.17) is 0 Å². The van der Waals surface area contributed by atoms with Crippen molar-refractivity contribution in [3.63, 3.8) is 0 Å². The first-order valence-electron chi connectivity index (χ1n) is 5.72.